The van der Waals surface area contributed by atoms with Crippen molar-refractivity contribution in [2.75, 3.05) is 4.90 Å². The van der Waals surface area contributed by atoms with Gasteiger partial charge in [-0.3, -0.25) is 15.1 Å². The molecule has 3 aromatic carbocycles. The van der Waals surface area contributed by atoms with Gasteiger partial charge in [-0.05, 0) is 30.4 Å². The summed E-state index contributed by atoms with van der Waals surface area (Å²) in [4.78, 5) is 14.6. The molecule has 1 unspecified atom stereocenters. The van der Waals surface area contributed by atoms with E-state index in [4.69, 9.17) is 0 Å². The van der Waals surface area contributed by atoms with Crippen LogP contribution in [0.15, 0.2) is 96.1 Å². The summed E-state index contributed by atoms with van der Waals surface area (Å²) >= 11 is 0. The molecule has 0 aromatic heterocycles. The highest BCUT2D eigenvalue weighted by atomic mass is 16.3. The van der Waals surface area contributed by atoms with Crippen molar-refractivity contribution < 1.29 is 9.90 Å². The third-order valence-electron chi connectivity index (χ3n) is 5.12. The molecule has 1 heterocycles. The number of rotatable bonds is 2. The van der Waals surface area contributed by atoms with Crippen LogP contribution in [0.1, 0.15) is 21.5 Å². The van der Waals surface area contributed by atoms with E-state index in [1.807, 2.05) is 72.8 Å². The highest BCUT2D eigenvalue weighted by Crippen LogP contribution is 2.43. The fraction of sp³-hybridized carbons (Fsp3) is 0.0435. The SMILES string of the molecule is O=C1C=CC2(NN=C(c3ccccc3)N2c2ccccc2)c2cccc(O)c21. The normalized spacial score (nSPS) is 20.1. The molecule has 2 aliphatic rings. The van der Waals surface area contributed by atoms with Crippen LogP contribution in [0.4, 0.5) is 5.69 Å². The van der Waals surface area contributed by atoms with E-state index in [9.17, 15) is 9.90 Å². The van der Waals surface area contributed by atoms with Crippen LogP contribution in [-0.4, -0.2) is 16.7 Å². The van der Waals surface area contributed by atoms with Gasteiger partial charge in [-0.2, -0.15) is 5.10 Å². The second-order valence-electron chi connectivity index (χ2n) is 6.75. The lowest BCUT2D eigenvalue weighted by Crippen LogP contribution is -2.52. The number of nitrogens with zero attached hydrogens (tertiary/aromatic N) is 2. The number of hydrogen-bond acceptors (Lipinski definition) is 5. The van der Waals surface area contributed by atoms with Gasteiger partial charge in [-0.1, -0.05) is 60.7 Å². The highest BCUT2D eigenvalue weighted by molar-refractivity contribution is 6.15. The Labute approximate surface area is 162 Å². The lowest BCUT2D eigenvalue weighted by molar-refractivity contribution is 0.103. The van der Waals surface area contributed by atoms with Crippen molar-refractivity contribution in [1.29, 1.82) is 0 Å². The number of ketones is 1. The smallest absolute Gasteiger partial charge is 0.189 e. The second kappa shape index (κ2) is 6.09. The van der Waals surface area contributed by atoms with Crippen LogP contribution < -0.4 is 10.3 Å². The van der Waals surface area contributed by atoms with Gasteiger partial charge in [-0.25, -0.2) is 0 Å². The number of aromatic hydroxyl groups is 1. The maximum Gasteiger partial charge on any atom is 0.189 e. The number of allylic oxidation sites excluding steroid dienone is 1. The van der Waals surface area contributed by atoms with Crippen molar-refractivity contribution in [2.24, 2.45) is 5.10 Å². The Kier molecular flexibility index (Phi) is 3.55. The fourth-order valence-electron chi connectivity index (χ4n) is 3.87. The molecule has 1 spiro atoms. The number of phenols is 1. The first kappa shape index (κ1) is 16.3. The maximum atomic E-state index is 12.5. The van der Waals surface area contributed by atoms with E-state index in [1.54, 1.807) is 6.07 Å². The summed E-state index contributed by atoms with van der Waals surface area (Å²) in [6.07, 6.45) is 3.30. The van der Waals surface area contributed by atoms with Crippen molar-refractivity contribution in [1.82, 2.24) is 5.43 Å². The van der Waals surface area contributed by atoms with Crippen LogP contribution in [0.5, 0.6) is 5.75 Å². The predicted molar refractivity (Wildman–Crippen MR) is 108 cm³/mol. The molecule has 5 heteroatoms. The van der Waals surface area contributed by atoms with Gasteiger partial charge >= 0.3 is 0 Å². The molecule has 5 rings (SSSR count). The van der Waals surface area contributed by atoms with E-state index in [-0.39, 0.29) is 11.5 Å². The van der Waals surface area contributed by atoms with Crippen molar-refractivity contribution >= 4 is 17.3 Å². The monoisotopic (exact) mass is 367 g/mol. The summed E-state index contributed by atoms with van der Waals surface area (Å²) < 4.78 is 0. The van der Waals surface area contributed by atoms with Crippen molar-refractivity contribution in [3.63, 3.8) is 0 Å². The zero-order valence-corrected chi connectivity index (χ0v) is 14.9. The molecule has 2 N–H and O–H groups in total. The number of fused-ring (bicyclic) bond motifs is 2. The Bertz CT molecular complexity index is 1120. The number of hydrazone groups is 1. The summed E-state index contributed by atoms with van der Waals surface area (Å²) in [5.41, 5.74) is 5.16. The molecule has 0 bridgehead atoms. The summed E-state index contributed by atoms with van der Waals surface area (Å²) in [5, 5.41) is 15.0. The summed E-state index contributed by atoms with van der Waals surface area (Å²) in [7, 11) is 0. The first-order chi connectivity index (χ1) is 13.7. The minimum absolute atomic E-state index is 0.0332. The molecule has 0 amide bonds. The lowest BCUT2D eigenvalue weighted by atomic mass is 9.85. The molecule has 28 heavy (non-hydrogen) atoms. The Balaban J connectivity index is 1.76. The van der Waals surface area contributed by atoms with E-state index in [2.05, 4.69) is 15.4 Å². The number of anilines is 1. The minimum atomic E-state index is -0.908. The predicted octanol–water partition coefficient (Wildman–Crippen LogP) is 3.77. The summed E-state index contributed by atoms with van der Waals surface area (Å²) in [6.45, 7) is 0. The Hall–Kier alpha value is -3.86. The van der Waals surface area contributed by atoms with Gasteiger partial charge in [0.2, 0.25) is 0 Å². The van der Waals surface area contributed by atoms with Crippen LogP contribution >= 0.6 is 0 Å². The van der Waals surface area contributed by atoms with Crippen LogP contribution in [0.3, 0.4) is 0 Å². The van der Waals surface area contributed by atoms with Gasteiger partial charge in [0, 0.05) is 16.8 Å². The Morgan fingerprint density at radius 1 is 0.893 bits per heavy atom. The fourth-order valence-corrected chi connectivity index (χ4v) is 3.87. The third-order valence-corrected chi connectivity index (χ3v) is 5.12. The van der Waals surface area contributed by atoms with E-state index >= 15 is 0 Å². The van der Waals surface area contributed by atoms with Gasteiger partial charge in [0.1, 0.15) is 5.75 Å². The molecule has 1 aliphatic carbocycles. The highest BCUT2D eigenvalue weighted by Gasteiger charge is 2.48. The topological polar surface area (TPSA) is 64.9 Å². The minimum Gasteiger partial charge on any atom is -0.507 e. The average Bonchev–Trinajstić information content (AvgIpc) is 3.12. The number of amidine groups is 1. The molecule has 0 radical (unpaired) electrons. The molecular weight excluding hydrogens is 350 g/mol. The quantitative estimate of drug-likeness (QED) is 0.724. The Morgan fingerprint density at radius 3 is 2.36 bits per heavy atom. The maximum absolute atomic E-state index is 12.5. The lowest BCUT2D eigenvalue weighted by Gasteiger charge is -2.40. The van der Waals surface area contributed by atoms with Crippen molar-refractivity contribution in [3.05, 3.63) is 108 Å². The summed E-state index contributed by atoms with van der Waals surface area (Å²) in [6, 6.07) is 24.9. The van der Waals surface area contributed by atoms with Crippen molar-refractivity contribution in [2.45, 2.75) is 5.66 Å². The number of carbonyl (C=O) groups is 1. The van der Waals surface area contributed by atoms with Crippen LogP contribution in [0.25, 0.3) is 0 Å². The van der Waals surface area contributed by atoms with E-state index in [0.717, 1.165) is 17.1 Å². The number of carbonyl (C=O) groups excluding carboxylic acids is 1. The van der Waals surface area contributed by atoms with E-state index < -0.39 is 5.66 Å². The third kappa shape index (κ3) is 2.26. The first-order valence-electron chi connectivity index (χ1n) is 9.02. The number of nitrogens with one attached hydrogen (secondary N) is 1. The molecule has 0 saturated carbocycles. The molecular formula is C23H17N3O2. The van der Waals surface area contributed by atoms with Gasteiger partial charge in [-0.15, -0.1) is 0 Å². The molecule has 3 aromatic rings. The zero-order valence-electron chi connectivity index (χ0n) is 14.9. The summed E-state index contributed by atoms with van der Waals surface area (Å²) in [5.74, 6) is 0.482. The molecule has 1 aliphatic heterocycles. The van der Waals surface area contributed by atoms with Crippen LogP contribution in [0.2, 0.25) is 0 Å². The zero-order chi connectivity index (χ0) is 19.1. The molecule has 0 fully saturated rings. The first-order valence-corrected chi connectivity index (χ1v) is 9.02. The number of phenolic OH excluding ortho intramolecular Hbond substituents is 1. The second-order valence-corrected chi connectivity index (χ2v) is 6.75. The number of para-hydroxylation sites is 1. The molecule has 5 nitrogen and oxygen atoms in total. The van der Waals surface area contributed by atoms with Gasteiger partial charge in [0.25, 0.3) is 0 Å². The van der Waals surface area contributed by atoms with E-state index in [1.165, 1.54) is 12.1 Å². The average molecular weight is 367 g/mol. The van der Waals surface area contributed by atoms with E-state index in [0.29, 0.717) is 11.1 Å². The number of hydrogen-bond donors (Lipinski definition) is 2. The number of benzene rings is 3. The van der Waals surface area contributed by atoms with Gasteiger partial charge in [0.15, 0.2) is 17.3 Å². The molecule has 0 saturated heterocycles. The van der Waals surface area contributed by atoms with Crippen LogP contribution in [-0.2, 0) is 5.66 Å². The van der Waals surface area contributed by atoms with Gasteiger partial charge in [0.05, 0.1) is 5.56 Å². The standard InChI is InChI=1S/C23H17N3O2/c27-19-13-7-12-18-21(19)20(28)14-15-23(18)25-24-22(16-8-3-1-4-9-16)26(23)17-10-5-2-6-11-17/h1-15,25,27H. The van der Waals surface area contributed by atoms with Gasteiger partial charge < -0.3 is 5.11 Å². The largest absolute Gasteiger partial charge is 0.507 e. The Morgan fingerprint density at radius 2 is 1.61 bits per heavy atom. The molecule has 1 atom stereocenters. The van der Waals surface area contributed by atoms with Crippen LogP contribution in [0, 0.1) is 0 Å². The van der Waals surface area contributed by atoms with Crippen molar-refractivity contribution in [3.8, 4) is 5.75 Å². The molecule has 136 valence electrons.